The summed E-state index contributed by atoms with van der Waals surface area (Å²) in [5.41, 5.74) is 0. The summed E-state index contributed by atoms with van der Waals surface area (Å²) in [7, 11) is -2.38. The molecule has 1 atom stereocenters. The maximum Gasteiger partial charge on any atom is 0.385 e. The molecule has 2 nitrogen and oxygen atoms in total. The molecule has 0 heterocycles. The van der Waals surface area contributed by atoms with Crippen molar-refractivity contribution in [2.75, 3.05) is 13.2 Å². The van der Waals surface area contributed by atoms with Gasteiger partial charge in [0.2, 0.25) is 0 Å². The van der Waals surface area contributed by atoms with Crippen LogP contribution in [-0.4, -0.2) is 26.6 Å². The molecule has 0 aliphatic rings. The zero-order chi connectivity index (χ0) is 12.0. The molecule has 1 aromatic carbocycles. The number of thiol groups is 1. The van der Waals surface area contributed by atoms with E-state index in [0.717, 1.165) is 5.19 Å². The fourth-order valence-corrected chi connectivity index (χ4v) is 5.58. The number of rotatable bonds is 6. The summed E-state index contributed by atoms with van der Waals surface area (Å²) in [6.07, 6.45) is 0. The van der Waals surface area contributed by atoms with Gasteiger partial charge in [-0.05, 0) is 19.0 Å². The predicted octanol–water partition coefficient (Wildman–Crippen LogP) is 2.27. The topological polar surface area (TPSA) is 18.5 Å². The Hall–Kier alpha value is -0.293. The van der Waals surface area contributed by atoms with Crippen molar-refractivity contribution in [2.45, 2.75) is 25.6 Å². The van der Waals surface area contributed by atoms with Gasteiger partial charge in [-0.2, -0.15) is 12.6 Å². The molecule has 1 unspecified atom stereocenters. The van der Waals surface area contributed by atoms with Gasteiger partial charge in [-0.3, -0.25) is 0 Å². The van der Waals surface area contributed by atoms with Crippen molar-refractivity contribution in [1.29, 1.82) is 0 Å². The van der Waals surface area contributed by atoms with Crippen LogP contribution in [0.5, 0.6) is 0 Å². The monoisotopic (exact) mass is 256 g/mol. The number of hydrogen-bond acceptors (Lipinski definition) is 3. The summed E-state index contributed by atoms with van der Waals surface area (Å²) in [6.45, 7) is 7.37. The van der Waals surface area contributed by atoms with E-state index in [1.165, 1.54) is 0 Å². The number of hydrogen-bond donors (Lipinski definition) is 1. The lowest BCUT2D eigenvalue weighted by Gasteiger charge is -2.33. The molecule has 1 rings (SSSR count). The maximum atomic E-state index is 5.96. The molecule has 4 heteroatoms. The second-order valence-electron chi connectivity index (χ2n) is 3.58. The Balaban J connectivity index is 3.10. The molecule has 0 amide bonds. The Morgan fingerprint density at radius 3 is 2.00 bits per heavy atom. The summed E-state index contributed by atoms with van der Waals surface area (Å²) >= 11 is 4.57. The van der Waals surface area contributed by atoms with Crippen LogP contribution in [0.25, 0.3) is 0 Å². The molecule has 0 aliphatic heterocycles. The van der Waals surface area contributed by atoms with Gasteiger partial charge in [0.15, 0.2) is 0 Å². The van der Waals surface area contributed by atoms with Gasteiger partial charge < -0.3 is 8.85 Å². The van der Waals surface area contributed by atoms with Crippen molar-refractivity contribution in [3.63, 3.8) is 0 Å². The molecule has 0 saturated carbocycles. The normalized spacial score (nSPS) is 13.8. The highest BCUT2D eigenvalue weighted by molar-refractivity contribution is 7.83. The molecule has 0 fully saturated rings. The van der Waals surface area contributed by atoms with Gasteiger partial charge in [-0.15, -0.1) is 0 Å². The molecular formula is C12H20O2SSi. The van der Waals surface area contributed by atoms with Gasteiger partial charge >= 0.3 is 8.56 Å². The lowest BCUT2D eigenvalue weighted by molar-refractivity contribution is 0.195. The fourth-order valence-electron chi connectivity index (χ4n) is 1.79. The van der Waals surface area contributed by atoms with E-state index < -0.39 is 8.56 Å². The van der Waals surface area contributed by atoms with E-state index in [9.17, 15) is 0 Å². The first-order valence-corrected chi connectivity index (χ1v) is 8.09. The second-order valence-corrected chi connectivity index (χ2v) is 8.19. The third kappa shape index (κ3) is 2.88. The first-order valence-electron chi connectivity index (χ1n) is 5.68. The van der Waals surface area contributed by atoms with Crippen LogP contribution in [0, 0.1) is 0 Å². The SMILES string of the molecule is CCO[Si](OCC)(c1ccccc1)C(C)S. The lowest BCUT2D eigenvalue weighted by atomic mass is 10.4. The summed E-state index contributed by atoms with van der Waals surface area (Å²) in [5, 5.41) is 1.15. The Bertz CT molecular complexity index is 297. The van der Waals surface area contributed by atoms with Gasteiger partial charge in [-0.1, -0.05) is 37.3 Å². The van der Waals surface area contributed by atoms with Crippen LogP contribution in [0.4, 0.5) is 0 Å². The largest absolute Gasteiger partial charge is 0.391 e. The van der Waals surface area contributed by atoms with E-state index in [-0.39, 0.29) is 4.87 Å². The molecule has 16 heavy (non-hydrogen) atoms. The Kier molecular flexibility index (Phi) is 5.55. The van der Waals surface area contributed by atoms with Crippen LogP contribution >= 0.6 is 12.6 Å². The van der Waals surface area contributed by atoms with Crippen molar-refractivity contribution in [3.8, 4) is 0 Å². The van der Waals surface area contributed by atoms with E-state index in [1.807, 2.05) is 39.0 Å². The quantitative estimate of drug-likeness (QED) is 0.622. The van der Waals surface area contributed by atoms with Crippen molar-refractivity contribution >= 4 is 26.4 Å². The highest BCUT2D eigenvalue weighted by atomic mass is 32.1. The molecule has 0 radical (unpaired) electrons. The Morgan fingerprint density at radius 1 is 1.12 bits per heavy atom. The molecule has 1 aromatic rings. The molecule has 90 valence electrons. The summed E-state index contributed by atoms with van der Waals surface area (Å²) in [6, 6.07) is 10.2. The highest BCUT2D eigenvalue weighted by Crippen LogP contribution is 2.17. The molecule has 0 N–H and O–H groups in total. The lowest BCUT2D eigenvalue weighted by Crippen LogP contribution is -2.60. The smallest absolute Gasteiger partial charge is 0.385 e. The fraction of sp³-hybridized carbons (Fsp3) is 0.500. The van der Waals surface area contributed by atoms with Gasteiger partial charge in [-0.25, -0.2) is 0 Å². The van der Waals surface area contributed by atoms with E-state index in [2.05, 4.69) is 24.8 Å². The molecule has 0 saturated heterocycles. The van der Waals surface area contributed by atoms with Crippen molar-refractivity contribution in [2.24, 2.45) is 0 Å². The molecule has 0 bridgehead atoms. The predicted molar refractivity (Wildman–Crippen MR) is 73.5 cm³/mol. The van der Waals surface area contributed by atoms with E-state index in [0.29, 0.717) is 13.2 Å². The van der Waals surface area contributed by atoms with E-state index >= 15 is 0 Å². The second kappa shape index (κ2) is 6.44. The van der Waals surface area contributed by atoms with Crippen molar-refractivity contribution < 1.29 is 8.85 Å². The molecular weight excluding hydrogens is 236 g/mol. The molecule has 0 spiro atoms. The summed E-state index contributed by atoms with van der Waals surface area (Å²) < 4.78 is 11.9. The first kappa shape index (κ1) is 13.8. The third-order valence-corrected chi connectivity index (χ3v) is 7.14. The van der Waals surface area contributed by atoms with Crippen LogP contribution in [0.2, 0.25) is 0 Å². The van der Waals surface area contributed by atoms with Crippen LogP contribution in [-0.2, 0) is 8.85 Å². The van der Waals surface area contributed by atoms with Gasteiger partial charge in [0, 0.05) is 18.1 Å². The van der Waals surface area contributed by atoms with E-state index in [1.54, 1.807) is 0 Å². The molecule has 0 aliphatic carbocycles. The minimum absolute atomic E-state index is 0.106. The van der Waals surface area contributed by atoms with Gasteiger partial charge in [0.1, 0.15) is 0 Å². The zero-order valence-electron chi connectivity index (χ0n) is 10.1. The average Bonchev–Trinajstić information content (AvgIpc) is 2.29. The Morgan fingerprint density at radius 2 is 1.62 bits per heavy atom. The van der Waals surface area contributed by atoms with Crippen molar-refractivity contribution in [3.05, 3.63) is 30.3 Å². The standard InChI is InChI=1S/C12H20O2SSi/c1-4-13-16(11(3)15,14-5-2)12-9-7-6-8-10-12/h6-11,15H,4-5H2,1-3H3. The van der Waals surface area contributed by atoms with Crippen LogP contribution in [0.1, 0.15) is 20.8 Å². The Labute approximate surface area is 105 Å². The minimum atomic E-state index is -2.38. The highest BCUT2D eigenvalue weighted by Gasteiger charge is 2.43. The summed E-state index contributed by atoms with van der Waals surface area (Å²) in [5.74, 6) is 0. The maximum absolute atomic E-state index is 5.96. The van der Waals surface area contributed by atoms with Crippen molar-refractivity contribution in [1.82, 2.24) is 0 Å². The van der Waals surface area contributed by atoms with Gasteiger partial charge in [0.05, 0.1) is 0 Å². The summed E-state index contributed by atoms with van der Waals surface area (Å²) in [4.78, 5) is 0.106. The number of benzene rings is 1. The molecule has 0 aromatic heterocycles. The van der Waals surface area contributed by atoms with Crippen LogP contribution in [0.15, 0.2) is 30.3 Å². The third-order valence-electron chi connectivity index (χ3n) is 2.44. The van der Waals surface area contributed by atoms with E-state index in [4.69, 9.17) is 8.85 Å². The zero-order valence-corrected chi connectivity index (χ0v) is 12.0. The first-order chi connectivity index (χ1) is 7.67. The van der Waals surface area contributed by atoms with Crippen LogP contribution in [0.3, 0.4) is 0 Å². The van der Waals surface area contributed by atoms with Crippen LogP contribution < -0.4 is 5.19 Å². The average molecular weight is 256 g/mol. The minimum Gasteiger partial charge on any atom is -0.391 e. The van der Waals surface area contributed by atoms with Gasteiger partial charge in [0.25, 0.3) is 0 Å².